The summed E-state index contributed by atoms with van der Waals surface area (Å²) in [6.45, 7) is 3.58. The van der Waals surface area contributed by atoms with Gasteiger partial charge in [-0.25, -0.2) is 4.39 Å². The van der Waals surface area contributed by atoms with Gasteiger partial charge in [-0.05, 0) is 35.9 Å². The van der Waals surface area contributed by atoms with E-state index in [1.165, 1.54) is 6.07 Å². The topological polar surface area (TPSA) is 28.5 Å². The molecule has 0 atom stereocenters. The van der Waals surface area contributed by atoms with E-state index in [0.717, 1.165) is 29.6 Å². The third kappa shape index (κ3) is 3.70. The van der Waals surface area contributed by atoms with E-state index >= 15 is 0 Å². The number of aromatic nitrogens is 1. The lowest BCUT2D eigenvalue weighted by Crippen LogP contribution is -2.48. The van der Waals surface area contributed by atoms with Gasteiger partial charge in [-0.2, -0.15) is 0 Å². The lowest BCUT2D eigenvalue weighted by atomic mass is 10.2. The highest BCUT2D eigenvalue weighted by atomic mass is 35.5. The van der Waals surface area contributed by atoms with Crippen LogP contribution in [0.4, 0.5) is 4.39 Å². The lowest BCUT2D eigenvalue weighted by molar-refractivity contribution is 0.0619. The molecule has 0 N–H and O–H groups in total. The number of carbonyl (C=O) groups excluding carboxylic acids is 1. The average Bonchev–Trinajstić information content (AvgIpc) is 2.98. The van der Waals surface area contributed by atoms with Crippen molar-refractivity contribution in [2.24, 2.45) is 7.05 Å². The number of hydrogen-bond donors (Lipinski definition) is 0. The highest BCUT2D eigenvalue weighted by Crippen LogP contribution is 2.24. The van der Waals surface area contributed by atoms with Crippen LogP contribution in [0.3, 0.4) is 0 Å². The summed E-state index contributed by atoms with van der Waals surface area (Å²) in [6, 6.07) is 14.3. The molecule has 0 saturated carbocycles. The van der Waals surface area contributed by atoms with E-state index < -0.39 is 0 Å². The Kier molecular flexibility index (Phi) is 4.89. The summed E-state index contributed by atoms with van der Waals surface area (Å²) in [5.41, 5.74) is 2.58. The van der Waals surface area contributed by atoms with Crippen molar-refractivity contribution >= 4 is 28.4 Å². The molecule has 0 bridgehead atoms. The molecule has 2 aromatic carbocycles. The molecule has 0 unspecified atom stereocenters. The van der Waals surface area contributed by atoms with E-state index in [1.807, 2.05) is 46.8 Å². The van der Waals surface area contributed by atoms with E-state index in [9.17, 15) is 9.18 Å². The van der Waals surface area contributed by atoms with Gasteiger partial charge >= 0.3 is 0 Å². The minimum Gasteiger partial charge on any atom is -0.340 e. The van der Waals surface area contributed by atoms with Gasteiger partial charge in [-0.1, -0.05) is 29.8 Å². The molecule has 4 nitrogen and oxygen atoms in total. The Morgan fingerprint density at radius 2 is 1.85 bits per heavy atom. The van der Waals surface area contributed by atoms with Gasteiger partial charge < -0.3 is 9.47 Å². The third-order valence-corrected chi connectivity index (χ3v) is 5.42. The second-order valence-electron chi connectivity index (χ2n) is 6.99. The van der Waals surface area contributed by atoms with Crippen LogP contribution in [0.15, 0.2) is 48.5 Å². The number of nitrogens with zero attached hydrogens (tertiary/aromatic N) is 3. The average molecular weight is 386 g/mol. The minimum absolute atomic E-state index is 0.0372. The molecule has 2 heterocycles. The Morgan fingerprint density at radius 1 is 1.07 bits per heavy atom. The second-order valence-corrected chi connectivity index (χ2v) is 7.43. The zero-order valence-electron chi connectivity index (χ0n) is 15.2. The molecule has 0 aliphatic carbocycles. The molecular weight excluding hydrogens is 365 g/mol. The molecule has 1 fully saturated rings. The fourth-order valence-corrected chi connectivity index (χ4v) is 3.84. The highest BCUT2D eigenvalue weighted by Gasteiger charge is 2.24. The summed E-state index contributed by atoms with van der Waals surface area (Å²) in [5.74, 6) is -0.174. The van der Waals surface area contributed by atoms with E-state index in [-0.39, 0.29) is 11.7 Å². The first-order chi connectivity index (χ1) is 13.0. The predicted octanol–water partition coefficient (Wildman–Crippen LogP) is 3.93. The van der Waals surface area contributed by atoms with Gasteiger partial charge in [0.25, 0.3) is 5.91 Å². The number of halogens is 2. The molecule has 1 aromatic heterocycles. The summed E-state index contributed by atoms with van der Waals surface area (Å²) < 4.78 is 15.3. The lowest BCUT2D eigenvalue weighted by Gasteiger charge is -2.34. The first-order valence-electron chi connectivity index (χ1n) is 9.02. The number of aryl methyl sites for hydroxylation is 1. The number of piperazine rings is 1. The van der Waals surface area contributed by atoms with Crippen molar-refractivity contribution in [2.45, 2.75) is 6.54 Å². The summed E-state index contributed by atoms with van der Waals surface area (Å²) in [4.78, 5) is 17.1. The molecule has 140 valence electrons. The van der Waals surface area contributed by atoms with E-state index in [4.69, 9.17) is 11.6 Å². The molecule has 4 rings (SSSR count). The zero-order chi connectivity index (χ0) is 19.0. The molecule has 3 aromatic rings. The van der Waals surface area contributed by atoms with E-state index in [1.54, 1.807) is 12.1 Å². The standard InChI is InChI=1S/C21H21ClFN3O/c1-24-19-13-17(22)6-5-16(19)12-20(24)21(27)26-9-7-25(8-10-26)14-15-3-2-4-18(23)11-15/h2-6,11-13H,7-10,14H2,1H3. The maximum atomic E-state index is 13.3. The van der Waals surface area contributed by atoms with Crippen LogP contribution in [0.5, 0.6) is 0 Å². The SMILES string of the molecule is Cn1c(C(=O)N2CCN(Cc3cccc(F)c3)CC2)cc2ccc(Cl)cc21. The first kappa shape index (κ1) is 18.0. The van der Waals surface area contributed by atoms with Gasteiger partial charge in [0.1, 0.15) is 11.5 Å². The van der Waals surface area contributed by atoms with Gasteiger partial charge in [0, 0.05) is 55.7 Å². The van der Waals surface area contributed by atoms with Gasteiger partial charge in [0.2, 0.25) is 0 Å². The molecule has 27 heavy (non-hydrogen) atoms. The molecule has 1 aliphatic rings. The van der Waals surface area contributed by atoms with Gasteiger partial charge in [-0.15, -0.1) is 0 Å². The number of rotatable bonds is 3. The van der Waals surface area contributed by atoms with Gasteiger partial charge in [0.05, 0.1) is 0 Å². The number of benzene rings is 2. The van der Waals surface area contributed by atoms with Crippen LogP contribution in [0.1, 0.15) is 16.1 Å². The van der Waals surface area contributed by atoms with Crippen LogP contribution >= 0.6 is 11.6 Å². The van der Waals surface area contributed by atoms with E-state index in [2.05, 4.69) is 4.90 Å². The van der Waals surface area contributed by atoms with Crippen LogP contribution in [0, 0.1) is 5.82 Å². The number of fused-ring (bicyclic) bond motifs is 1. The maximum Gasteiger partial charge on any atom is 0.270 e. The van der Waals surface area contributed by atoms with Gasteiger partial charge in [0.15, 0.2) is 0 Å². The zero-order valence-corrected chi connectivity index (χ0v) is 15.9. The molecule has 0 spiro atoms. The Bertz CT molecular complexity index is 992. The summed E-state index contributed by atoms with van der Waals surface area (Å²) >= 11 is 6.08. The number of hydrogen-bond acceptors (Lipinski definition) is 2. The largest absolute Gasteiger partial charge is 0.340 e. The molecule has 1 saturated heterocycles. The van der Waals surface area contributed by atoms with Crippen LogP contribution in [-0.4, -0.2) is 46.5 Å². The highest BCUT2D eigenvalue weighted by molar-refractivity contribution is 6.31. The Hall–Kier alpha value is -2.37. The smallest absolute Gasteiger partial charge is 0.270 e. The summed E-state index contributed by atoms with van der Waals surface area (Å²) in [5, 5.41) is 1.67. The van der Waals surface area contributed by atoms with Crippen molar-refractivity contribution in [2.75, 3.05) is 26.2 Å². The quantitative estimate of drug-likeness (QED) is 0.683. The summed E-state index contributed by atoms with van der Waals surface area (Å²) in [7, 11) is 1.89. The van der Waals surface area contributed by atoms with Crippen molar-refractivity contribution in [3.8, 4) is 0 Å². The van der Waals surface area contributed by atoms with Crippen molar-refractivity contribution in [1.82, 2.24) is 14.4 Å². The third-order valence-electron chi connectivity index (χ3n) is 5.18. The van der Waals surface area contributed by atoms with Crippen molar-refractivity contribution in [1.29, 1.82) is 0 Å². The Morgan fingerprint density at radius 3 is 2.59 bits per heavy atom. The molecular formula is C21H21ClFN3O. The number of carbonyl (C=O) groups is 1. The maximum absolute atomic E-state index is 13.3. The van der Waals surface area contributed by atoms with Gasteiger partial charge in [-0.3, -0.25) is 9.69 Å². The second kappa shape index (κ2) is 7.33. The first-order valence-corrected chi connectivity index (χ1v) is 9.40. The van der Waals surface area contributed by atoms with Crippen LogP contribution in [-0.2, 0) is 13.6 Å². The van der Waals surface area contributed by atoms with Crippen molar-refractivity contribution < 1.29 is 9.18 Å². The Labute approximate surface area is 162 Å². The van der Waals surface area contributed by atoms with Crippen molar-refractivity contribution in [3.05, 3.63) is 70.6 Å². The number of amides is 1. The normalized spacial score (nSPS) is 15.4. The fourth-order valence-electron chi connectivity index (χ4n) is 3.67. The Balaban J connectivity index is 1.43. The van der Waals surface area contributed by atoms with Crippen LogP contribution in [0.2, 0.25) is 5.02 Å². The molecule has 1 amide bonds. The fraction of sp³-hybridized carbons (Fsp3) is 0.286. The minimum atomic E-state index is -0.211. The predicted molar refractivity (Wildman–Crippen MR) is 106 cm³/mol. The molecule has 0 radical (unpaired) electrons. The van der Waals surface area contributed by atoms with E-state index in [0.29, 0.717) is 30.4 Å². The van der Waals surface area contributed by atoms with Crippen molar-refractivity contribution in [3.63, 3.8) is 0 Å². The monoisotopic (exact) mass is 385 g/mol. The van der Waals surface area contributed by atoms with Crippen LogP contribution in [0.25, 0.3) is 10.9 Å². The summed E-state index contributed by atoms with van der Waals surface area (Å²) in [6.07, 6.45) is 0. The molecule has 1 aliphatic heterocycles. The molecule has 6 heteroatoms. The van der Waals surface area contributed by atoms with Crippen LogP contribution < -0.4 is 0 Å².